The standard InChI is InChI=1S/C34H30N4O3S/c1-22-21-28(23(2)37(22)30-15-8-7-13-27(30)33(39)40-3)32-31(29-14-9-10-20-35-29)36-34(42)38(32)24-16-18-26(19-17-24)41-25-11-5-4-6-12-25/h4-21,31-32H,1-3H3,(H,36,42)/t31-,32-/m1/s1. The molecule has 5 aromatic rings. The molecule has 2 atom stereocenters. The maximum absolute atomic E-state index is 12.7. The number of pyridine rings is 1. The summed E-state index contributed by atoms with van der Waals surface area (Å²) in [5.41, 5.74) is 6.13. The molecule has 1 saturated heterocycles. The fourth-order valence-electron chi connectivity index (χ4n) is 5.66. The molecule has 0 radical (unpaired) electrons. The van der Waals surface area contributed by atoms with Crippen molar-refractivity contribution < 1.29 is 14.3 Å². The quantitative estimate of drug-likeness (QED) is 0.162. The van der Waals surface area contributed by atoms with Crippen LogP contribution in [0.1, 0.15) is 45.1 Å². The Morgan fingerprint density at radius 1 is 0.881 bits per heavy atom. The fraction of sp³-hybridized carbons (Fsp3) is 0.147. The Labute approximate surface area is 250 Å². The lowest BCUT2D eigenvalue weighted by Crippen LogP contribution is -2.29. The van der Waals surface area contributed by atoms with Crippen molar-refractivity contribution in [2.75, 3.05) is 12.0 Å². The molecule has 210 valence electrons. The number of benzene rings is 3. The van der Waals surface area contributed by atoms with E-state index in [-0.39, 0.29) is 18.1 Å². The number of aromatic nitrogens is 2. The van der Waals surface area contributed by atoms with Gasteiger partial charge in [-0.05, 0) is 98.4 Å². The van der Waals surface area contributed by atoms with E-state index in [0.717, 1.165) is 45.5 Å². The van der Waals surface area contributed by atoms with Gasteiger partial charge < -0.3 is 24.3 Å². The summed E-state index contributed by atoms with van der Waals surface area (Å²) < 4.78 is 13.2. The Bertz CT molecular complexity index is 1740. The van der Waals surface area contributed by atoms with Gasteiger partial charge in [-0.2, -0.15) is 0 Å². The maximum Gasteiger partial charge on any atom is 0.339 e. The van der Waals surface area contributed by atoms with Crippen LogP contribution in [0.2, 0.25) is 0 Å². The minimum absolute atomic E-state index is 0.205. The van der Waals surface area contributed by atoms with Crippen molar-refractivity contribution in [1.29, 1.82) is 0 Å². The lowest BCUT2D eigenvalue weighted by molar-refractivity contribution is 0.0600. The Balaban J connectivity index is 1.44. The summed E-state index contributed by atoms with van der Waals surface area (Å²) in [6.45, 7) is 4.11. The molecule has 0 saturated carbocycles. The van der Waals surface area contributed by atoms with Crippen LogP contribution in [0.4, 0.5) is 5.69 Å². The van der Waals surface area contributed by atoms with E-state index < -0.39 is 0 Å². The third-order valence-electron chi connectivity index (χ3n) is 7.53. The van der Waals surface area contributed by atoms with Crippen LogP contribution in [0, 0.1) is 13.8 Å². The molecule has 0 amide bonds. The number of ether oxygens (including phenoxy) is 2. The molecule has 0 spiro atoms. The summed E-state index contributed by atoms with van der Waals surface area (Å²) in [5, 5.41) is 4.14. The van der Waals surface area contributed by atoms with Crippen molar-refractivity contribution in [1.82, 2.24) is 14.9 Å². The fourth-order valence-corrected chi connectivity index (χ4v) is 6.00. The monoisotopic (exact) mass is 574 g/mol. The van der Waals surface area contributed by atoms with E-state index in [1.54, 1.807) is 12.3 Å². The van der Waals surface area contributed by atoms with Crippen molar-refractivity contribution in [3.63, 3.8) is 0 Å². The van der Waals surface area contributed by atoms with Gasteiger partial charge in [-0.15, -0.1) is 0 Å². The van der Waals surface area contributed by atoms with Gasteiger partial charge in [0, 0.05) is 23.3 Å². The number of rotatable bonds is 7. The van der Waals surface area contributed by atoms with Crippen LogP contribution in [0.15, 0.2) is 109 Å². The highest BCUT2D eigenvalue weighted by Gasteiger charge is 2.42. The number of anilines is 1. The lowest BCUT2D eigenvalue weighted by Gasteiger charge is -2.28. The number of nitrogens with zero attached hydrogens (tertiary/aromatic N) is 3. The second-order valence-corrected chi connectivity index (χ2v) is 10.5. The first-order valence-corrected chi connectivity index (χ1v) is 14.1. The van der Waals surface area contributed by atoms with Crippen LogP contribution in [0.3, 0.4) is 0 Å². The van der Waals surface area contributed by atoms with E-state index >= 15 is 0 Å². The molecule has 42 heavy (non-hydrogen) atoms. The smallest absolute Gasteiger partial charge is 0.339 e. The Kier molecular flexibility index (Phi) is 7.46. The van der Waals surface area contributed by atoms with Gasteiger partial charge in [0.05, 0.1) is 36.1 Å². The largest absolute Gasteiger partial charge is 0.465 e. The third-order valence-corrected chi connectivity index (χ3v) is 7.85. The molecule has 2 aromatic heterocycles. The van der Waals surface area contributed by atoms with Crippen molar-refractivity contribution >= 4 is 29.0 Å². The number of thiocarbonyl (C=S) groups is 1. The summed E-state index contributed by atoms with van der Waals surface area (Å²) >= 11 is 5.95. The van der Waals surface area contributed by atoms with Gasteiger partial charge in [-0.25, -0.2) is 4.79 Å². The van der Waals surface area contributed by atoms with Crippen LogP contribution < -0.4 is 15.0 Å². The van der Waals surface area contributed by atoms with Crippen molar-refractivity contribution in [3.8, 4) is 17.2 Å². The molecule has 3 heterocycles. The molecule has 1 N–H and O–H groups in total. The Morgan fingerprint density at radius 3 is 2.29 bits per heavy atom. The maximum atomic E-state index is 12.7. The highest BCUT2D eigenvalue weighted by Crippen LogP contribution is 2.44. The molecule has 1 aliphatic heterocycles. The minimum Gasteiger partial charge on any atom is -0.465 e. The number of hydrogen-bond donors (Lipinski definition) is 1. The number of nitrogens with one attached hydrogen (secondary N) is 1. The molecule has 1 aliphatic rings. The molecule has 0 bridgehead atoms. The van der Waals surface area contributed by atoms with E-state index in [1.807, 2.05) is 97.9 Å². The molecular weight excluding hydrogens is 544 g/mol. The van der Waals surface area contributed by atoms with Crippen LogP contribution >= 0.6 is 12.2 Å². The molecule has 6 rings (SSSR count). The van der Waals surface area contributed by atoms with Gasteiger partial charge in [0.15, 0.2) is 5.11 Å². The van der Waals surface area contributed by atoms with Crippen LogP contribution in [0.25, 0.3) is 5.69 Å². The minimum atomic E-state index is -0.380. The second kappa shape index (κ2) is 11.5. The molecule has 3 aromatic carbocycles. The highest BCUT2D eigenvalue weighted by molar-refractivity contribution is 7.80. The van der Waals surface area contributed by atoms with Gasteiger partial charge in [0.2, 0.25) is 0 Å². The summed E-state index contributed by atoms with van der Waals surface area (Å²) in [6.07, 6.45) is 1.80. The zero-order chi connectivity index (χ0) is 29.2. The van der Waals surface area contributed by atoms with Gasteiger partial charge >= 0.3 is 5.97 Å². The Hall–Kier alpha value is -4.95. The zero-order valence-electron chi connectivity index (χ0n) is 23.5. The number of hydrogen-bond acceptors (Lipinski definition) is 5. The van der Waals surface area contributed by atoms with E-state index in [2.05, 4.69) is 32.8 Å². The summed E-state index contributed by atoms with van der Waals surface area (Å²) in [5.74, 6) is 1.13. The summed E-state index contributed by atoms with van der Waals surface area (Å²) in [6, 6.07) is 32.8. The molecule has 0 aliphatic carbocycles. The van der Waals surface area contributed by atoms with Crippen LogP contribution in [-0.4, -0.2) is 27.7 Å². The average molecular weight is 575 g/mol. The van der Waals surface area contributed by atoms with Gasteiger partial charge in [-0.3, -0.25) is 4.98 Å². The number of methoxy groups -OCH3 is 1. The normalized spacial score (nSPS) is 16.3. The second-order valence-electron chi connectivity index (χ2n) is 10.1. The van der Waals surface area contributed by atoms with Crippen molar-refractivity contribution in [2.45, 2.75) is 25.9 Å². The van der Waals surface area contributed by atoms with Gasteiger partial charge in [0.1, 0.15) is 11.5 Å². The number of aryl methyl sites for hydroxylation is 1. The van der Waals surface area contributed by atoms with E-state index in [1.165, 1.54) is 7.11 Å². The van der Waals surface area contributed by atoms with Crippen LogP contribution in [0.5, 0.6) is 11.5 Å². The molecule has 0 unspecified atom stereocenters. The van der Waals surface area contributed by atoms with Gasteiger partial charge in [-0.1, -0.05) is 36.4 Å². The van der Waals surface area contributed by atoms with E-state index in [9.17, 15) is 4.79 Å². The van der Waals surface area contributed by atoms with Crippen molar-refractivity contribution in [2.24, 2.45) is 0 Å². The third kappa shape index (κ3) is 5.01. The Morgan fingerprint density at radius 2 is 1.57 bits per heavy atom. The number of esters is 1. The SMILES string of the molecule is COC(=O)c1ccccc1-n1c(C)cc([C@@H]2[C@@H](c3ccccn3)NC(=S)N2c2ccc(Oc3ccccc3)cc2)c1C. The lowest BCUT2D eigenvalue weighted by atomic mass is 9.96. The number of para-hydroxylation sites is 2. The van der Waals surface area contributed by atoms with E-state index in [0.29, 0.717) is 10.7 Å². The molecule has 7 nitrogen and oxygen atoms in total. The first-order valence-electron chi connectivity index (χ1n) is 13.7. The average Bonchev–Trinajstić information content (AvgIpc) is 3.52. The number of carbonyl (C=O) groups is 1. The molecular formula is C34H30N4O3S. The molecule has 1 fully saturated rings. The van der Waals surface area contributed by atoms with Gasteiger partial charge in [0.25, 0.3) is 0 Å². The molecule has 8 heteroatoms. The van der Waals surface area contributed by atoms with Crippen molar-refractivity contribution in [3.05, 3.63) is 138 Å². The topological polar surface area (TPSA) is 68.6 Å². The predicted octanol–water partition coefficient (Wildman–Crippen LogP) is 7.25. The first kappa shape index (κ1) is 27.2. The zero-order valence-corrected chi connectivity index (χ0v) is 24.3. The van der Waals surface area contributed by atoms with E-state index in [4.69, 9.17) is 21.7 Å². The highest BCUT2D eigenvalue weighted by atomic mass is 32.1. The summed E-state index contributed by atoms with van der Waals surface area (Å²) in [7, 11) is 1.40. The summed E-state index contributed by atoms with van der Waals surface area (Å²) in [4.78, 5) is 19.5. The van der Waals surface area contributed by atoms with Crippen LogP contribution in [-0.2, 0) is 4.74 Å². The predicted molar refractivity (Wildman–Crippen MR) is 167 cm³/mol. The number of carbonyl (C=O) groups excluding carboxylic acids is 1. The first-order chi connectivity index (χ1) is 20.5.